The quantitative estimate of drug-likeness (QED) is 0.103. The van der Waals surface area contributed by atoms with Crippen LogP contribution in [0.15, 0.2) is 220 Å². The molecule has 0 amide bonds. The first-order valence-electron chi connectivity index (χ1n) is 23.0. The van der Waals surface area contributed by atoms with Crippen LogP contribution in [0.1, 0.15) is 67.0 Å². The third kappa shape index (κ3) is 9.46. The Morgan fingerprint density at radius 1 is 0.606 bits per heavy atom. The van der Waals surface area contributed by atoms with Crippen molar-refractivity contribution in [2.75, 3.05) is 0 Å². The molecule has 2 unspecified atom stereocenters. The third-order valence-corrected chi connectivity index (χ3v) is 16.8. The number of fused-ring (bicyclic) bond motifs is 1. The molecule has 3 N–H and O–H groups in total. The largest absolute Gasteiger partial charge is 0.508 e. The molecule has 8 aromatic rings. The van der Waals surface area contributed by atoms with Gasteiger partial charge in [-0.05, 0) is 170 Å². The molecule has 1 aliphatic carbocycles. The van der Waals surface area contributed by atoms with Crippen molar-refractivity contribution < 1.29 is 36.2 Å². The van der Waals surface area contributed by atoms with E-state index in [1.807, 2.05) is 62.4 Å². The van der Waals surface area contributed by atoms with Gasteiger partial charge in [-0.15, -0.1) is 0 Å². The Bertz CT molecular complexity index is 3530. The Hall–Kier alpha value is -7.86. The number of allylic oxidation sites excluding steroid dienone is 1. The average molecular weight is 980 g/mol. The van der Waals surface area contributed by atoms with Crippen LogP contribution in [0.4, 0.5) is 0 Å². The topological polar surface area (TPSA) is 142 Å². The summed E-state index contributed by atoms with van der Waals surface area (Å²) >= 11 is 0. The lowest BCUT2D eigenvalue weighted by molar-refractivity contribution is 0.0387. The van der Waals surface area contributed by atoms with Gasteiger partial charge in [0.2, 0.25) is 19.7 Å². The average Bonchev–Trinajstić information content (AvgIpc) is 3.35. The molecule has 0 saturated carbocycles. The van der Waals surface area contributed by atoms with Crippen molar-refractivity contribution in [2.45, 2.75) is 71.1 Å². The number of benzene rings is 8. The first kappa shape index (κ1) is 48.2. The lowest BCUT2D eigenvalue weighted by atomic mass is 9.62. The van der Waals surface area contributed by atoms with Gasteiger partial charge < -0.3 is 25.1 Å². The Kier molecular flexibility index (Phi) is 12.8. The van der Waals surface area contributed by atoms with Crippen molar-refractivity contribution in [1.82, 2.24) is 0 Å². The predicted octanol–water partition coefficient (Wildman–Crippen LogP) is 13.8. The number of aromatic hydroxyl groups is 1. The molecule has 8 aromatic carbocycles. The number of hydrogen-bond acceptors (Lipinski definition) is 9. The Morgan fingerprint density at radius 3 is 1.55 bits per heavy atom. The summed E-state index contributed by atoms with van der Waals surface area (Å²) in [5.41, 5.74) is 13.9. The molecule has 0 radical (unpaired) electrons. The maximum atomic E-state index is 13.8. The summed E-state index contributed by atoms with van der Waals surface area (Å²) in [7, 11) is -7.64. The molecule has 0 aromatic heterocycles. The van der Waals surface area contributed by atoms with Crippen molar-refractivity contribution in [1.29, 1.82) is 0 Å². The highest BCUT2D eigenvalue weighted by atomic mass is 32.2. The molecule has 9 rings (SSSR count). The number of sulfone groups is 2. The van der Waals surface area contributed by atoms with E-state index in [1.165, 1.54) is 42.0 Å². The molecule has 71 heavy (non-hydrogen) atoms. The predicted molar refractivity (Wildman–Crippen MR) is 279 cm³/mol. The molecule has 0 bridgehead atoms. The standard InChI is InChI=1S/C60H53NO8S2/c1-7-8-43-37-44(16-36-57(43)68-49-23-31-53(32-24-49)70(63,64)51-27-17-46(62)18-28-51)59(4,5)45-15-35-56-55(38-45)58(40(3)61)60(56,6)69-50-25-33-54(34-26-50)71(65,66)52-29-21-48(22-30-52)67-47-19-13-42(14-20-47)41-11-9-39(2)10-12-41/h7-38,58,62H,3,61H2,1-2,4-6H3/b8-7+. The summed E-state index contributed by atoms with van der Waals surface area (Å²) in [5, 5.41) is 9.61. The second-order valence-corrected chi connectivity index (χ2v) is 22.3. The zero-order valence-corrected chi connectivity index (χ0v) is 41.6. The fraction of sp³-hybridized carbons (Fsp3) is 0.133. The summed E-state index contributed by atoms with van der Waals surface area (Å²) in [5.74, 6) is 2.35. The van der Waals surface area contributed by atoms with Crippen LogP contribution in [-0.4, -0.2) is 21.9 Å². The summed E-state index contributed by atoms with van der Waals surface area (Å²) < 4.78 is 72.9. The molecule has 9 nitrogen and oxygen atoms in total. The van der Waals surface area contributed by atoms with Crippen molar-refractivity contribution in [3.8, 4) is 45.6 Å². The van der Waals surface area contributed by atoms with Gasteiger partial charge in [0.25, 0.3) is 0 Å². The molecule has 0 heterocycles. The van der Waals surface area contributed by atoms with Crippen molar-refractivity contribution in [3.63, 3.8) is 0 Å². The second-order valence-electron chi connectivity index (χ2n) is 18.4. The van der Waals surface area contributed by atoms with Gasteiger partial charge in [0.1, 0.15) is 40.1 Å². The molecule has 0 saturated heterocycles. The van der Waals surface area contributed by atoms with Gasteiger partial charge in [-0.3, -0.25) is 0 Å². The molecule has 1 aliphatic rings. The van der Waals surface area contributed by atoms with E-state index in [0.717, 1.165) is 38.9 Å². The maximum absolute atomic E-state index is 13.8. The van der Waals surface area contributed by atoms with Gasteiger partial charge in [-0.1, -0.05) is 98.8 Å². The van der Waals surface area contributed by atoms with Gasteiger partial charge in [-0.25, -0.2) is 16.8 Å². The Labute approximate surface area is 416 Å². The van der Waals surface area contributed by atoms with Gasteiger partial charge >= 0.3 is 0 Å². The van der Waals surface area contributed by atoms with Crippen LogP contribution in [0.3, 0.4) is 0 Å². The number of rotatable bonds is 15. The number of phenols is 1. The summed E-state index contributed by atoms with van der Waals surface area (Å²) in [6, 6.07) is 52.9. The van der Waals surface area contributed by atoms with Gasteiger partial charge in [0, 0.05) is 22.2 Å². The first-order valence-corrected chi connectivity index (χ1v) is 26.0. The van der Waals surface area contributed by atoms with E-state index >= 15 is 0 Å². The minimum Gasteiger partial charge on any atom is -0.508 e. The zero-order chi connectivity index (χ0) is 50.3. The summed E-state index contributed by atoms with van der Waals surface area (Å²) in [6.45, 7) is 14.4. The van der Waals surface area contributed by atoms with E-state index in [9.17, 15) is 21.9 Å². The lowest BCUT2D eigenvalue weighted by Crippen LogP contribution is -2.48. The minimum absolute atomic E-state index is 0.0147. The monoisotopic (exact) mass is 979 g/mol. The van der Waals surface area contributed by atoms with Gasteiger partial charge in [-0.2, -0.15) is 0 Å². The minimum atomic E-state index is -3.85. The van der Waals surface area contributed by atoms with E-state index in [-0.39, 0.29) is 31.2 Å². The van der Waals surface area contributed by atoms with E-state index in [0.29, 0.717) is 34.4 Å². The van der Waals surface area contributed by atoms with Crippen LogP contribution in [0.25, 0.3) is 17.2 Å². The van der Waals surface area contributed by atoms with Gasteiger partial charge in [0.15, 0.2) is 0 Å². The van der Waals surface area contributed by atoms with E-state index in [2.05, 4.69) is 75.9 Å². The van der Waals surface area contributed by atoms with Crippen LogP contribution < -0.4 is 19.9 Å². The van der Waals surface area contributed by atoms with Gasteiger partial charge in [0.05, 0.1) is 25.5 Å². The van der Waals surface area contributed by atoms with Crippen LogP contribution in [-0.2, 0) is 30.7 Å². The molecule has 0 fully saturated rings. The normalized spacial score (nSPS) is 15.6. The molecule has 2 atom stereocenters. The Balaban J connectivity index is 0.877. The summed E-state index contributed by atoms with van der Waals surface area (Å²) in [6.07, 6.45) is 3.90. The fourth-order valence-electron chi connectivity index (χ4n) is 9.12. The highest BCUT2D eigenvalue weighted by Crippen LogP contribution is 2.55. The zero-order valence-electron chi connectivity index (χ0n) is 40.0. The van der Waals surface area contributed by atoms with E-state index in [1.54, 1.807) is 60.7 Å². The molecule has 358 valence electrons. The number of ether oxygens (including phenoxy) is 3. The van der Waals surface area contributed by atoms with Crippen LogP contribution in [0.5, 0.6) is 34.5 Å². The van der Waals surface area contributed by atoms with Crippen molar-refractivity contribution in [2.24, 2.45) is 5.73 Å². The molecule has 0 aliphatic heterocycles. The van der Waals surface area contributed by atoms with Crippen molar-refractivity contribution >= 4 is 25.8 Å². The number of aryl methyl sites for hydroxylation is 1. The number of nitrogens with two attached hydrogens (primary N) is 1. The second kappa shape index (κ2) is 18.8. The first-order chi connectivity index (χ1) is 33.9. The maximum Gasteiger partial charge on any atom is 0.206 e. The van der Waals surface area contributed by atoms with Crippen LogP contribution >= 0.6 is 0 Å². The van der Waals surface area contributed by atoms with Crippen molar-refractivity contribution in [3.05, 3.63) is 234 Å². The summed E-state index contributed by atoms with van der Waals surface area (Å²) in [4.78, 5) is 0.456. The number of phenolic OH excluding ortho intramolecular Hbond substituents is 1. The van der Waals surface area contributed by atoms with E-state index in [4.69, 9.17) is 19.9 Å². The van der Waals surface area contributed by atoms with Crippen LogP contribution in [0, 0.1) is 6.92 Å². The fourth-order valence-corrected chi connectivity index (χ4v) is 11.6. The molecular weight excluding hydrogens is 927 g/mol. The molecule has 11 heteroatoms. The Morgan fingerprint density at radius 2 is 1.04 bits per heavy atom. The van der Waals surface area contributed by atoms with E-state index < -0.39 is 30.7 Å². The molecule has 0 spiro atoms. The third-order valence-electron chi connectivity index (χ3n) is 13.2. The highest BCUT2D eigenvalue weighted by molar-refractivity contribution is 7.91. The highest BCUT2D eigenvalue weighted by Gasteiger charge is 2.52. The SMILES string of the molecule is C=C(N)C1c2cc(C(C)(C)c3ccc(Oc4ccc(S(=O)(=O)c5ccc(O)cc5)cc4)c(/C=C/C)c3)ccc2C1(C)Oc1ccc(S(=O)(=O)c2ccc(Oc3ccc(-c4ccc(C)cc4)cc3)cc2)cc1. The molecular formula is C60H53NO8S2. The lowest BCUT2D eigenvalue weighted by Gasteiger charge is -2.49. The number of hydrogen-bond donors (Lipinski definition) is 2. The van der Waals surface area contributed by atoms with Crippen LogP contribution in [0.2, 0.25) is 0 Å². The smallest absolute Gasteiger partial charge is 0.206 e.